The van der Waals surface area contributed by atoms with Gasteiger partial charge in [0.25, 0.3) is 5.91 Å². The van der Waals surface area contributed by atoms with Crippen molar-refractivity contribution in [1.82, 2.24) is 20.0 Å². The number of carbonyl (C=O) groups is 1. The van der Waals surface area contributed by atoms with Crippen molar-refractivity contribution in [1.29, 1.82) is 0 Å². The average molecular weight is 375 g/mol. The molecule has 26 heavy (non-hydrogen) atoms. The fourth-order valence-electron chi connectivity index (χ4n) is 2.58. The summed E-state index contributed by atoms with van der Waals surface area (Å²) in [6.07, 6.45) is 0.995. The quantitative estimate of drug-likeness (QED) is 0.525. The van der Waals surface area contributed by atoms with Gasteiger partial charge in [0, 0.05) is 5.02 Å². The molecule has 0 unspecified atom stereocenters. The Morgan fingerprint density at radius 3 is 2.81 bits per heavy atom. The van der Waals surface area contributed by atoms with Crippen LogP contribution in [0, 0.1) is 24.0 Å². The molecule has 1 amide bonds. The summed E-state index contributed by atoms with van der Waals surface area (Å²) < 4.78 is 1.72. The number of aromatic amines is 1. The number of halogens is 1. The standard InChI is InChI=1S/C16H15ClN6O3/c1-9-14(19-16(24)15-13(23(25)26)7-18-20-15)10(2)22(21-9)8-11-5-3-4-6-12(11)17/h3-7H,8H2,1-2H3,(H,18,20)(H,19,24). The molecule has 0 bridgehead atoms. The molecule has 0 aliphatic carbocycles. The number of hydrogen-bond donors (Lipinski definition) is 2. The van der Waals surface area contributed by atoms with Crippen molar-refractivity contribution in [2.75, 3.05) is 5.32 Å². The summed E-state index contributed by atoms with van der Waals surface area (Å²) in [5.74, 6) is -0.655. The Morgan fingerprint density at radius 2 is 2.12 bits per heavy atom. The number of anilines is 1. The van der Waals surface area contributed by atoms with E-state index in [2.05, 4.69) is 20.6 Å². The van der Waals surface area contributed by atoms with E-state index >= 15 is 0 Å². The van der Waals surface area contributed by atoms with Crippen molar-refractivity contribution in [3.8, 4) is 0 Å². The second kappa shape index (κ2) is 6.96. The van der Waals surface area contributed by atoms with Gasteiger partial charge in [0.05, 0.1) is 28.5 Å². The molecule has 134 valence electrons. The molecule has 0 saturated carbocycles. The van der Waals surface area contributed by atoms with Crippen molar-refractivity contribution < 1.29 is 9.72 Å². The number of carbonyl (C=O) groups excluding carboxylic acids is 1. The molecule has 2 aromatic heterocycles. The molecule has 0 saturated heterocycles. The van der Waals surface area contributed by atoms with Crippen molar-refractivity contribution in [2.45, 2.75) is 20.4 Å². The molecule has 3 rings (SSSR count). The summed E-state index contributed by atoms with van der Waals surface area (Å²) >= 11 is 6.19. The van der Waals surface area contributed by atoms with Crippen LogP contribution in [0.5, 0.6) is 0 Å². The number of benzene rings is 1. The van der Waals surface area contributed by atoms with E-state index in [1.807, 2.05) is 18.2 Å². The Kier molecular flexibility index (Phi) is 4.72. The average Bonchev–Trinajstić information content (AvgIpc) is 3.18. The zero-order valence-corrected chi connectivity index (χ0v) is 14.7. The maximum absolute atomic E-state index is 12.4. The molecule has 1 aromatic carbocycles. The molecule has 0 aliphatic rings. The number of aromatic nitrogens is 4. The van der Waals surface area contributed by atoms with Gasteiger partial charge in [-0.25, -0.2) is 0 Å². The Bertz CT molecular complexity index is 994. The minimum Gasteiger partial charge on any atom is -0.317 e. The number of amides is 1. The van der Waals surface area contributed by atoms with Crippen molar-refractivity contribution in [3.63, 3.8) is 0 Å². The van der Waals surface area contributed by atoms with Crippen LogP contribution in [0.4, 0.5) is 11.4 Å². The van der Waals surface area contributed by atoms with E-state index in [4.69, 9.17) is 11.6 Å². The smallest absolute Gasteiger partial charge is 0.317 e. The van der Waals surface area contributed by atoms with E-state index in [9.17, 15) is 14.9 Å². The maximum atomic E-state index is 12.4. The van der Waals surface area contributed by atoms with E-state index in [1.54, 1.807) is 24.6 Å². The van der Waals surface area contributed by atoms with Crippen molar-refractivity contribution >= 4 is 28.9 Å². The third-order valence-corrected chi connectivity index (χ3v) is 4.31. The van der Waals surface area contributed by atoms with E-state index in [-0.39, 0.29) is 11.4 Å². The molecule has 3 aromatic rings. The first-order valence-corrected chi connectivity index (χ1v) is 8.02. The summed E-state index contributed by atoms with van der Waals surface area (Å²) in [5.41, 5.74) is 2.07. The van der Waals surface area contributed by atoms with Gasteiger partial charge in [0.15, 0.2) is 0 Å². The largest absolute Gasteiger partial charge is 0.319 e. The molecule has 2 heterocycles. The summed E-state index contributed by atoms with van der Waals surface area (Å²) in [6, 6.07) is 7.41. The number of hydrogen-bond acceptors (Lipinski definition) is 5. The molecule has 0 aliphatic heterocycles. The first kappa shape index (κ1) is 17.6. The highest BCUT2D eigenvalue weighted by Gasteiger charge is 2.24. The second-order valence-corrected chi connectivity index (χ2v) is 6.04. The van der Waals surface area contributed by atoms with Gasteiger partial charge < -0.3 is 5.32 Å². The van der Waals surface area contributed by atoms with Crippen LogP contribution >= 0.6 is 11.6 Å². The van der Waals surface area contributed by atoms with Crippen LogP contribution < -0.4 is 5.32 Å². The summed E-state index contributed by atoms with van der Waals surface area (Å²) in [4.78, 5) is 22.7. The van der Waals surface area contributed by atoms with Gasteiger partial charge in [-0.05, 0) is 25.5 Å². The molecule has 0 fully saturated rings. The molecule has 0 radical (unpaired) electrons. The predicted molar refractivity (Wildman–Crippen MR) is 95.5 cm³/mol. The van der Waals surface area contributed by atoms with Crippen LogP contribution in [0.25, 0.3) is 0 Å². The molecular formula is C16H15ClN6O3. The summed E-state index contributed by atoms with van der Waals surface area (Å²) in [5, 5.41) is 24.6. The van der Waals surface area contributed by atoms with E-state index in [1.165, 1.54) is 0 Å². The second-order valence-electron chi connectivity index (χ2n) is 5.64. The number of H-pyrrole nitrogens is 1. The Morgan fingerprint density at radius 1 is 1.38 bits per heavy atom. The highest BCUT2D eigenvalue weighted by atomic mass is 35.5. The first-order chi connectivity index (χ1) is 12.4. The van der Waals surface area contributed by atoms with Gasteiger partial charge >= 0.3 is 5.69 Å². The maximum Gasteiger partial charge on any atom is 0.319 e. The van der Waals surface area contributed by atoms with Crippen LogP contribution in [0.15, 0.2) is 30.5 Å². The van der Waals surface area contributed by atoms with Gasteiger partial charge in [-0.1, -0.05) is 29.8 Å². The van der Waals surface area contributed by atoms with Gasteiger partial charge in [-0.3, -0.25) is 24.7 Å². The normalized spacial score (nSPS) is 10.7. The fourth-order valence-corrected chi connectivity index (χ4v) is 2.78. The lowest BCUT2D eigenvalue weighted by Gasteiger charge is -2.08. The van der Waals surface area contributed by atoms with Gasteiger partial charge in [-0.15, -0.1) is 0 Å². The highest BCUT2D eigenvalue weighted by Crippen LogP contribution is 2.24. The van der Waals surface area contributed by atoms with Crippen molar-refractivity contribution in [2.24, 2.45) is 0 Å². The monoisotopic (exact) mass is 374 g/mol. The molecule has 0 atom stereocenters. The Hall–Kier alpha value is -3.20. The highest BCUT2D eigenvalue weighted by molar-refractivity contribution is 6.31. The van der Waals surface area contributed by atoms with Crippen LogP contribution in [-0.4, -0.2) is 30.8 Å². The minimum absolute atomic E-state index is 0.215. The number of nitrogens with zero attached hydrogens (tertiary/aromatic N) is 4. The molecule has 2 N–H and O–H groups in total. The van der Waals surface area contributed by atoms with E-state index in [0.717, 1.165) is 11.8 Å². The summed E-state index contributed by atoms with van der Waals surface area (Å²) in [6.45, 7) is 3.98. The SMILES string of the molecule is Cc1nn(Cc2ccccc2Cl)c(C)c1NC(=O)c1[nH]ncc1[N+](=O)[O-]. The third kappa shape index (κ3) is 3.29. The number of rotatable bonds is 5. The molecular weight excluding hydrogens is 360 g/mol. The fraction of sp³-hybridized carbons (Fsp3) is 0.188. The van der Waals surface area contributed by atoms with Gasteiger partial charge in [-0.2, -0.15) is 10.2 Å². The number of nitrogens with one attached hydrogen (secondary N) is 2. The predicted octanol–water partition coefficient (Wildman–Crippen LogP) is 3.09. The van der Waals surface area contributed by atoms with E-state index < -0.39 is 10.8 Å². The van der Waals surface area contributed by atoms with Crippen LogP contribution in [0.3, 0.4) is 0 Å². The van der Waals surface area contributed by atoms with Crippen molar-refractivity contribution in [3.05, 3.63) is 68.2 Å². The topological polar surface area (TPSA) is 119 Å². The molecule has 10 heteroatoms. The van der Waals surface area contributed by atoms with Gasteiger partial charge in [0.2, 0.25) is 5.69 Å². The molecule has 9 nitrogen and oxygen atoms in total. The zero-order chi connectivity index (χ0) is 18.8. The van der Waals surface area contributed by atoms with Crippen LogP contribution in [0.2, 0.25) is 5.02 Å². The van der Waals surface area contributed by atoms with Crippen LogP contribution in [-0.2, 0) is 6.54 Å². The Labute approximate surface area is 153 Å². The first-order valence-electron chi connectivity index (χ1n) is 7.65. The number of aryl methyl sites for hydroxylation is 1. The lowest BCUT2D eigenvalue weighted by Crippen LogP contribution is -2.15. The van der Waals surface area contributed by atoms with Gasteiger partial charge in [0.1, 0.15) is 6.20 Å². The van der Waals surface area contributed by atoms with E-state index in [0.29, 0.717) is 28.6 Å². The third-order valence-electron chi connectivity index (χ3n) is 3.94. The van der Waals surface area contributed by atoms with Crippen LogP contribution in [0.1, 0.15) is 27.4 Å². The Balaban J connectivity index is 1.86. The minimum atomic E-state index is -0.668. The number of nitro groups is 1. The molecule has 0 spiro atoms. The zero-order valence-electron chi connectivity index (χ0n) is 14.0. The lowest BCUT2D eigenvalue weighted by atomic mass is 10.2. The lowest BCUT2D eigenvalue weighted by molar-refractivity contribution is -0.385. The summed E-state index contributed by atoms with van der Waals surface area (Å²) in [7, 11) is 0.